The molecule has 3 nitrogen and oxygen atoms in total. The lowest BCUT2D eigenvalue weighted by molar-refractivity contribution is 0.0814. The SMILES string of the molecule is CCCCCCCCCCCCCCCCSC(C)OB(OC(C)S)OC(C)SCCCCCCCCCCCCCCCC. The normalized spacial score (nSPS) is 13.7. The molecule has 45 heavy (non-hydrogen) atoms. The molecule has 0 amide bonds. The fraction of sp³-hybridized carbons (Fsp3) is 1.00. The summed E-state index contributed by atoms with van der Waals surface area (Å²) in [4.78, 5) is 0. The lowest BCUT2D eigenvalue weighted by Gasteiger charge is -2.23. The Morgan fingerprint density at radius 1 is 0.400 bits per heavy atom. The van der Waals surface area contributed by atoms with E-state index in [1.165, 1.54) is 180 Å². The first kappa shape index (κ1) is 46.0. The molecule has 0 heterocycles. The molecule has 0 aliphatic carbocycles. The molecule has 0 radical (unpaired) electrons. The average Bonchev–Trinajstić information content (AvgIpc) is 3.00. The summed E-state index contributed by atoms with van der Waals surface area (Å²) in [7, 11) is -0.657. The average molecular weight is 691 g/mol. The van der Waals surface area contributed by atoms with Crippen molar-refractivity contribution in [2.24, 2.45) is 0 Å². The van der Waals surface area contributed by atoms with Gasteiger partial charge in [-0.1, -0.05) is 181 Å². The zero-order valence-electron chi connectivity index (χ0n) is 31.0. The fourth-order valence-electron chi connectivity index (χ4n) is 5.74. The molecule has 0 rings (SSSR count). The minimum absolute atomic E-state index is 0.0482. The van der Waals surface area contributed by atoms with Crippen LogP contribution in [-0.2, 0) is 14.0 Å². The van der Waals surface area contributed by atoms with E-state index in [-0.39, 0.29) is 16.3 Å². The smallest absolute Gasteiger partial charge is 0.374 e. The van der Waals surface area contributed by atoms with Gasteiger partial charge in [-0.3, -0.25) is 0 Å². The maximum Gasteiger partial charge on any atom is 0.641 e. The molecule has 0 saturated carbocycles. The minimum Gasteiger partial charge on any atom is -0.374 e. The van der Waals surface area contributed by atoms with E-state index in [1.807, 2.05) is 30.4 Å². The molecule has 3 atom stereocenters. The Labute approximate surface area is 298 Å². The molecule has 0 aromatic carbocycles. The van der Waals surface area contributed by atoms with E-state index in [1.54, 1.807) is 0 Å². The van der Waals surface area contributed by atoms with Gasteiger partial charge in [0.15, 0.2) is 0 Å². The minimum atomic E-state index is -0.657. The summed E-state index contributed by atoms with van der Waals surface area (Å²) < 4.78 is 18.1. The number of thiol groups is 1. The first-order chi connectivity index (χ1) is 22.0. The van der Waals surface area contributed by atoms with Crippen molar-refractivity contribution in [3.05, 3.63) is 0 Å². The van der Waals surface area contributed by atoms with Gasteiger partial charge in [0.25, 0.3) is 0 Å². The van der Waals surface area contributed by atoms with Crippen LogP contribution in [0, 0.1) is 0 Å². The van der Waals surface area contributed by atoms with Crippen molar-refractivity contribution in [1.82, 2.24) is 0 Å². The molecule has 0 aliphatic rings. The maximum absolute atomic E-state index is 6.14. The number of thioether (sulfide) groups is 2. The van der Waals surface area contributed by atoms with Gasteiger partial charge in [0, 0.05) is 0 Å². The Balaban J connectivity index is 3.70. The third-order valence-electron chi connectivity index (χ3n) is 8.61. The molecule has 270 valence electrons. The zero-order valence-corrected chi connectivity index (χ0v) is 33.5. The van der Waals surface area contributed by atoms with Gasteiger partial charge < -0.3 is 14.0 Å². The van der Waals surface area contributed by atoms with E-state index in [0.29, 0.717) is 0 Å². The molecule has 0 N–H and O–H groups in total. The third-order valence-corrected chi connectivity index (χ3v) is 10.9. The van der Waals surface area contributed by atoms with Crippen molar-refractivity contribution in [2.45, 2.75) is 231 Å². The number of hydrogen-bond donors (Lipinski definition) is 1. The first-order valence-electron chi connectivity index (χ1n) is 19.9. The van der Waals surface area contributed by atoms with Gasteiger partial charge in [-0.15, -0.1) is 36.2 Å². The molecular weight excluding hydrogens is 611 g/mol. The van der Waals surface area contributed by atoms with Crippen molar-refractivity contribution >= 4 is 43.5 Å². The van der Waals surface area contributed by atoms with Gasteiger partial charge in [0.1, 0.15) is 0 Å². The fourth-order valence-corrected chi connectivity index (χ4v) is 7.58. The molecule has 0 bridgehead atoms. The molecular formula is C38H79BO3S3. The standard InChI is InChI=1S/C38H79BO3S3/c1-6-8-10-12-14-16-18-20-22-24-26-28-30-32-34-44-37(4)41-39(40-36(3)43)42-38(5)45-35-33-31-29-27-25-23-21-19-17-15-13-11-9-7-2/h36-38,43H,6-35H2,1-5H3. The maximum atomic E-state index is 6.14. The van der Waals surface area contributed by atoms with Crippen LogP contribution in [0.1, 0.15) is 214 Å². The van der Waals surface area contributed by atoms with Crippen molar-refractivity contribution in [1.29, 1.82) is 0 Å². The predicted octanol–water partition coefficient (Wildman–Crippen LogP) is 14.4. The van der Waals surface area contributed by atoms with Gasteiger partial charge in [-0.2, -0.15) is 0 Å². The van der Waals surface area contributed by atoms with E-state index in [4.69, 9.17) is 14.0 Å². The highest BCUT2D eigenvalue weighted by Gasteiger charge is 2.28. The van der Waals surface area contributed by atoms with E-state index in [9.17, 15) is 0 Å². The van der Waals surface area contributed by atoms with Crippen molar-refractivity contribution in [3.8, 4) is 0 Å². The van der Waals surface area contributed by atoms with Gasteiger partial charge in [-0.25, -0.2) is 0 Å². The molecule has 0 aromatic rings. The summed E-state index contributed by atoms with van der Waals surface area (Å²) in [6.07, 6.45) is 39.2. The highest BCUT2D eigenvalue weighted by molar-refractivity contribution is 8.00. The van der Waals surface area contributed by atoms with Crippen molar-refractivity contribution < 1.29 is 14.0 Å². The topological polar surface area (TPSA) is 27.7 Å². The molecule has 3 unspecified atom stereocenters. The van der Waals surface area contributed by atoms with Gasteiger partial charge in [0.05, 0.1) is 16.3 Å². The number of unbranched alkanes of at least 4 members (excludes halogenated alkanes) is 26. The molecule has 0 aromatic heterocycles. The first-order valence-corrected chi connectivity index (χ1v) is 22.5. The van der Waals surface area contributed by atoms with Crippen LogP contribution >= 0.6 is 36.2 Å². The molecule has 0 fully saturated rings. The summed E-state index contributed by atoms with van der Waals surface area (Å²) in [6.45, 7) is 10.7. The van der Waals surface area contributed by atoms with Crippen LogP contribution in [0.4, 0.5) is 0 Å². The van der Waals surface area contributed by atoms with Crippen molar-refractivity contribution in [2.75, 3.05) is 11.5 Å². The van der Waals surface area contributed by atoms with Gasteiger partial charge >= 0.3 is 7.32 Å². The second kappa shape index (κ2) is 37.8. The van der Waals surface area contributed by atoms with E-state index in [0.717, 1.165) is 11.5 Å². The predicted molar refractivity (Wildman–Crippen MR) is 212 cm³/mol. The molecule has 0 spiro atoms. The van der Waals surface area contributed by atoms with Crippen LogP contribution in [0.5, 0.6) is 0 Å². The second-order valence-corrected chi connectivity index (χ2v) is 16.9. The van der Waals surface area contributed by atoms with Crippen LogP contribution < -0.4 is 0 Å². The van der Waals surface area contributed by atoms with E-state index in [2.05, 4.69) is 40.3 Å². The lowest BCUT2D eigenvalue weighted by atomic mass is 10.0. The van der Waals surface area contributed by atoms with E-state index < -0.39 is 7.32 Å². The van der Waals surface area contributed by atoms with Crippen LogP contribution in [0.3, 0.4) is 0 Å². The van der Waals surface area contributed by atoms with Crippen LogP contribution in [0.2, 0.25) is 0 Å². The van der Waals surface area contributed by atoms with Crippen LogP contribution in [0.25, 0.3) is 0 Å². The summed E-state index contributed by atoms with van der Waals surface area (Å²) in [5, 5.41) is 0. The highest BCUT2D eigenvalue weighted by Crippen LogP contribution is 2.22. The quantitative estimate of drug-likeness (QED) is 0.0301. The second-order valence-electron chi connectivity index (χ2n) is 13.4. The monoisotopic (exact) mass is 691 g/mol. The van der Waals surface area contributed by atoms with Gasteiger partial charge in [0.2, 0.25) is 0 Å². The van der Waals surface area contributed by atoms with Gasteiger partial charge in [-0.05, 0) is 45.1 Å². The molecule has 0 aliphatic heterocycles. The Morgan fingerprint density at radius 3 is 0.889 bits per heavy atom. The molecule has 7 heteroatoms. The zero-order chi connectivity index (χ0) is 33.1. The number of hydrogen-bond acceptors (Lipinski definition) is 6. The van der Waals surface area contributed by atoms with Crippen LogP contribution in [-0.4, -0.2) is 35.1 Å². The molecule has 0 saturated heterocycles. The number of rotatable bonds is 38. The summed E-state index contributed by atoms with van der Waals surface area (Å²) >= 11 is 8.15. The Kier molecular flexibility index (Phi) is 38.6. The Morgan fingerprint density at radius 2 is 0.644 bits per heavy atom. The Hall–Kier alpha value is 0.995. The van der Waals surface area contributed by atoms with E-state index >= 15 is 0 Å². The summed E-state index contributed by atoms with van der Waals surface area (Å²) in [6, 6.07) is 0. The lowest BCUT2D eigenvalue weighted by Crippen LogP contribution is -2.34. The van der Waals surface area contributed by atoms with Crippen molar-refractivity contribution in [3.63, 3.8) is 0 Å². The van der Waals surface area contributed by atoms with Crippen LogP contribution in [0.15, 0.2) is 0 Å². The summed E-state index contributed by atoms with van der Waals surface area (Å²) in [5.41, 5.74) is -0.125. The summed E-state index contributed by atoms with van der Waals surface area (Å²) in [5.74, 6) is 2.26. The largest absolute Gasteiger partial charge is 0.641 e. The third kappa shape index (κ3) is 37.7. The highest BCUT2D eigenvalue weighted by atomic mass is 32.2. The Bertz CT molecular complexity index is 516.